The molecule has 0 saturated carbocycles. The lowest BCUT2D eigenvalue weighted by atomic mass is 10.1. The number of benzene rings is 3. The minimum absolute atomic E-state index is 0.0662. The van der Waals surface area contributed by atoms with Crippen LogP contribution in [0.5, 0.6) is 11.6 Å². The minimum atomic E-state index is -0.774. The Morgan fingerprint density at radius 3 is 2.47 bits per heavy atom. The predicted molar refractivity (Wildman–Crippen MR) is 168 cm³/mol. The van der Waals surface area contributed by atoms with E-state index in [1.54, 1.807) is 54.7 Å². The van der Waals surface area contributed by atoms with Gasteiger partial charge in [0.2, 0.25) is 5.88 Å². The third-order valence-electron chi connectivity index (χ3n) is 6.89. The molecule has 0 spiro atoms. The fraction of sp³-hybridized carbons (Fsp3) is 0.219. The van der Waals surface area contributed by atoms with Crippen LogP contribution in [0.15, 0.2) is 72.9 Å². The molecule has 0 radical (unpaired) electrons. The molecule has 0 aliphatic carbocycles. The van der Waals surface area contributed by atoms with Crippen molar-refractivity contribution >= 4 is 40.1 Å². The Balaban J connectivity index is 1.35. The number of carbonyl (C=O) groups is 2. The summed E-state index contributed by atoms with van der Waals surface area (Å²) in [6.07, 6.45) is 1.76. The molecule has 0 aliphatic rings. The van der Waals surface area contributed by atoms with Crippen LogP contribution in [-0.4, -0.2) is 66.3 Å². The number of ether oxygens (including phenoxy) is 2. The molecule has 0 bridgehead atoms. The molecule has 5 rings (SSSR count). The average Bonchev–Trinajstić information content (AvgIpc) is 3.65. The lowest BCUT2D eigenvalue weighted by Crippen LogP contribution is -2.24. The second-order valence-electron chi connectivity index (χ2n) is 10.7. The Hall–Kier alpha value is -5.43. The van der Waals surface area contributed by atoms with E-state index < -0.39 is 23.6 Å². The number of carbonyl (C=O) groups excluding carboxylic acids is 2. The Morgan fingerprint density at radius 1 is 0.933 bits per heavy atom. The van der Waals surface area contributed by atoms with Crippen molar-refractivity contribution in [3.05, 3.63) is 95.7 Å². The van der Waals surface area contributed by atoms with Gasteiger partial charge in [-0.1, -0.05) is 0 Å². The zero-order chi connectivity index (χ0) is 31.9. The number of aromatic nitrogens is 3. The van der Waals surface area contributed by atoms with E-state index in [1.807, 2.05) is 26.0 Å². The summed E-state index contributed by atoms with van der Waals surface area (Å²) in [5.74, 6) is -1.04. The summed E-state index contributed by atoms with van der Waals surface area (Å²) in [4.78, 5) is 33.2. The number of H-pyrrole nitrogens is 2. The molecule has 2 aromatic heterocycles. The number of halogens is 2. The van der Waals surface area contributed by atoms with Crippen molar-refractivity contribution in [3.8, 4) is 11.6 Å². The second-order valence-corrected chi connectivity index (χ2v) is 10.7. The summed E-state index contributed by atoms with van der Waals surface area (Å²) in [6, 6.07) is 16.6. The van der Waals surface area contributed by atoms with Crippen molar-refractivity contribution in [2.45, 2.75) is 13.0 Å². The fourth-order valence-corrected chi connectivity index (χ4v) is 4.65. The highest BCUT2D eigenvalue weighted by atomic mass is 19.1. The van der Waals surface area contributed by atoms with Crippen molar-refractivity contribution < 1.29 is 27.8 Å². The van der Waals surface area contributed by atoms with Gasteiger partial charge in [-0.05, 0) is 87.2 Å². The van der Waals surface area contributed by atoms with E-state index in [9.17, 15) is 18.4 Å². The third-order valence-corrected chi connectivity index (χ3v) is 6.89. The zero-order valence-electron chi connectivity index (χ0n) is 25.0. The average molecular weight is 618 g/mol. The summed E-state index contributed by atoms with van der Waals surface area (Å²) >= 11 is 0. The van der Waals surface area contributed by atoms with E-state index in [4.69, 9.17) is 9.47 Å². The number of hydrogen-bond acceptors (Lipinski definition) is 7. The van der Waals surface area contributed by atoms with Gasteiger partial charge in [0, 0.05) is 43.0 Å². The van der Waals surface area contributed by atoms with Gasteiger partial charge < -0.3 is 29.6 Å². The standard InChI is InChI=1S/C32H33F2N7O4/c1-40(2)12-5-13-41(3)23-7-9-25(28(17-23)36-32(43)45-29-6-4-11-35-29)31(42)37-30-26-18-24(8-10-27(26)38-39-30)44-19-20-14-21(33)16-22(34)15-20/h4,6-11,14-18,35H,5,12-13,19H2,1-3H3,(H,36,43)(H2,37,38,39,42). The molecule has 3 aromatic carbocycles. The van der Waals surface area contributed by atoms with Gasteiger partial charge >= 0.3 is 6.09 Å². The molecule has 234 valence electrons. The molecule has 0 atom stereocenters. The number of fused-ring (bicyclic) bond motifs is 1. The molecule has 11 nitrogen and oxygen atoms in total. The molecular formula is C32H33F2N7O4. The smallest absolute Gasteiger partial charge is 0.418 e. The fourth-order valence-electron chi connectivity index (χ4n) is 4.65. The molecule has 45 heavy (non-hydrogen) atoms. The van der Waals surface area contributed by atoms with Gasteiger partial charge in [-0.15, -0.1) is 0 Å². The summed E-state index contributed by atoms with van der Waals surface area (Å²) in [6.45, 7) is 1.60. The summed E-state index contributed by atoms with van der Waals surface area (Å²) < 4.78 is 38.2. The highest BCUT2D eigenvalue weighted by molar-refractivity contribution is 6.12. The number of anilines is 3. The van der Waals surface area contributed by atoms with Crippen LogP contribution in [0.25, 0.3) is 10.9 Å². The van der Waals surface area contributed by atoms with Gasteiger partial charge in [0.05, 0.1) is 16.8 Å². The topological polar surface area (TPSA) is 128 Å². The quantitative estimate of drug-likeness (QED) is 0.135. The number of rotatable bonds is 12. The zero-order valence-corrected chi connectivity index (χ0v) is 25.0. The van der Waals surface area contributed by atoms with Gasteiger partial charge in [0.1, 0.15) is 24.0 Å². The number of nitrogens with one attached hydrogen (secondary N) is 4. The molecule has 0 aliphatic heterocycles. The normalized spacial score (nSPS) is 11.1. The van der Waals surface area contributed by atoms with Crippen molar-refractivity contribution in [1.82, 2.24) is 20.1 Å². The first-order valence-corrected chi connectivity index (χ1v) is 14.1. The van der Waals surface area contributed by atoms with Gasteiger partial charge in [-0.25, -0.2) is 13.6 Å². The maximum absolute atomic E-state index is 13.6. The molecule has 4 N–H and O–H groups in total. The summed E-state index contributed by atoms with van der Waals surface area (Å²) in [5.41, 5.74) is 2.17. The van der Waals surface area contributed by atoms with E-state index in [-0.39, 0.29) is 29.6 Å². The Bertz CT molecular complexity index is 1770. The highest BCUT2D eigenvalue weighted by Gasteiger charge is 2.19. The van der Waals surface area contributed by atoms with Crippen LogP contribution in [0.1, 0.15) is 22.3 Å². The largest absolute Gasteiger partial charge is 0.489 e. The van der Waals surface area contributed by atoms with Crippen LogP contribution in [0.4, 0.5) is 30.8 Å². The van der Waals surface area contributed by atoms with Gasteiger partial charge in [-0.3, -0.25) is 15.2 Å². The van der Waals surface area contributed by atoms with E-state index in [1.165, 1.54) is 12.1 Å². The van der Waals surface area contributed by atoms with Gasteiger partial charge in [0.25, 0.3) is 5.91 Å². The Kier molecular flexibility index (Phi) is 9.58. The lowest BCUT2D eigenvalue weighted by molar-refractivity contribution is 0.102. The van der Waals surface area contributed by atoms with Gasteiger partial charge in [-0.2, -0.15) is 5.10 Å². The van der Waals surface area contributed by atoms with Gasteiger partial charge in [0.15, 0.2) is 5.82 Å². The molecule has 5 aromatic rings. The number of aromatic amines is 2. The summed E-state index contributed by atoms with van der Waals surface area (Å²) in [5, 5.41) is 13.1. The van der Waals surface area contributed by atoms with E-state index in [0.717, 1.165) is 31.3 Å². The molecular weight excluding hydrogens is 584 g/mol. The maximum atomic E-state index is 13.6. The number of nitrogens with zero attached hydrogens (tertiary/aromatic N) is 3. The van der Waals surface area contributed by atoms with Crippen LogP contribution in [-0.2, 0) is 6.61 Å². The monoisotopic (exact) mass is 617 g/mol. The third kappa shape index (κ3) is 8.15. The van der Waals surface area contributed by atoms with Crippen LogP contribution < -0.4 is 25.0 Å². The van der Waals surface area contributed by atoms with Crippen molar-refractivity contribution in [3.63, 3.8) is 0 Å². The number of hydrogen-bond donors (Lipinski definition) is 4. The highest BCUT2D eigenvalue weighted by Crippen LogP contribution is 2.29. The number of amides is 2. The maximum Gasteiger partial charge on any atom is 0.418 e. The Morgan fingerprint density at radius 2 is 1.73 bits per heavy atom. The van der Waals surface area contributed by atoms with E-state index >= 15 is 0 Å². The van der Waals surface area contributed by atoms with Crippen molar-refractivity contribution in [2.24, 2.45) is 0 Å². The SMILES string of the molecule is CN(C)CCCN(C)c1ccc(C(=O)Nc2n[nH]c3ccc(OCc4cc(F)cc(F)c4)cc23)c(NC(=O)Oc2ccc[nH]2)c1. The molecule has 0 saturated heterocycles. The second kappa shape index (κ2) is 13.9. The molecule has 0 fully saturated rings. The molecule has 2 amide bonds. The van der Waals surface area contributed by atoms with Crippen LogP contribution in [0.3, 0.4) is 0 Å². The first kappa shape index (κ1) is 31.0. The molecule has 0 unspecified atom stereocenters. The van der Waals surface area contributed by atoms with E-state index in [0.29, 0.717) is 22.2 Å². The van der Waals surface area contributed by atoms with Crippen LogP contribution in [0.2, 0.25) is 0 Å². The van der Waals surface area contributed by atoms with Crippen molar-refractivity contribution in [2.75, 3.05) is 49.8 Å². The molecule has 13 heteroatoms. The van der Waals surface area contributed by atoms with E-state index in [2.05, 4.69) is 30.7 Å². The van der Waals surface area contributed by atoms with Crippen LogP contribution in [0, 0.1) is 11.6 Å². The predicted octanol–water partition coefficient (Wildman–Crippen LogP) is 6.00. The first-order valence-electron chi connectivity index (χ1n) is 14.1. The first-order chi connectivity index (χ1) is 21.6. The van der Waals surface area contributed by atoms with Crippen LogP contribution >= 0.6 is 0 Å². The summed E-state index contributed by atoms with van der Waals surface area (Å²) in [7, 11) is 5.96. The lowest BCUT2D eigenvalue weighted by Gasteiger charge is -2.22. The minimum Gasteiger partial charge on any atom is -0.489 e. The van der Waals surface area contributed by atoms with Crippen molar-refractivity contribution in [1.29, 1.82) is 0 Å². The Labute approximate surface area is 258 Å². The molecule has 2 heterocycles.